The van der Waals surface area contributed by atoms with Crippen molar-refractivity contribution in [2.75, 3.05) is 45.0 Å². The fourth-order valence-corrected chi connectivity index (χ4v) is 3.51. The Balaban J connectivity index is 1.90. The minimum Gasteiger partial charge on any atom is -0.459 e. The van der Waals surface area contributed by atoms with Gasteiger partial charge in [0.05, 0.1) is 12.8 Å². The third kappa shape index (κ3) is 5.59. The van der Waals surface area contributed by atoms with Gasteiger partial charge < -0.3 is 19.5 Å². The van der Waals surface area contributed by atoms with Gasteiger partial charge >= 0.3 is 0 Å². The lowest BCUT2D eigenvalue weighted by Crippen LogP contribution is -2.53. The van der Waals surface area contributed by atoms with Crippen LogP contribution >= 0.6 is 0 Å². The molecule has 0 saturated carbocycles. The number of piperazine rings is 1. The molecule has 146 valence electrons. The number of guanidine groups is 1. The van der Waals surface area contributed by atoms with E-state index in [2.05, 4.69) is 15.2 Å². The second-order valence-corrected chi connectivity index (χ2v) is 9.48. The van der Waals surface area contributed by atoms with Crippen LogP contribution in [0.3, 0.4) is 0 Å². The highest BCUT2D eigenvalue weighted by molar-refractivity contribution is 7.86. The third-order valence-corrected chi connectivity index (χ3v) is 6.07. The lowest BCUT2D eigenvalue weighted by Gasteiger charge is -2.36. The smallest absolute Gasteiger partial charge is 0.289 e. The lowest BCUT2D eigenvalue weighted by atomic mass is 10.3. The molecule has 1 aromatic heterocycles. The fraction of sp³-hybridized carbons (Fsp3) is 0.667. The average Bonchev–Trinajstić information content (AvgIpc) is 3.14. The van der Waals surface area contributed by atoms with Crippen LogP contribution in [-0.4, -0.2) is 75.6 Å². The first-order valence-corrected chi connectivity index (χ1v) is 10.4. The van der Waals surface area contributed by atoms with E-state index in [9.17, 15) is 9.00 Å². The molecular weight excluding hydrogens is 352 g/mol. The maximum absolute atomic E-state index is 12.3. The number of amides is 1. The van der Waals surface area contributed by atoms with E-state index < -0.39 is 10.8 Å². The molecule has 1 aliphatic heterocycles. The number of carbonyl (C=O) groups excluding carboxylic acids is 1. The highest BCUT2D eigenvalue weighted by Gasteiger charge is 2.25. The molecule has 1 amide bonds. The minimum atomic E-state index is -0.908. The molecule has 0 aromatic carbocycles. The number of rotatable bonds is 5. The zero-order valence-electron chi connectivity index (χ0n) is 16.2. The number of nitrogens with one attached hydrogen (secondary N) is 1. The van der Waals surface area contributed by atoms with Crippen molar-refractivity contribution in [1.29, 1.82) is 0 Å². The van der Waals surface area contributed by atoms with Crippen molar-refractivity contribution in [3.05, 3.63) is 24.2 Å². The van der Waals surface area contributed by atoms with Gasteiger partial charge in [0.2, 0.25) is 0 Å². The van der Waals surface area contributed by atoms with Gasteiger partial charge in [-0.25, -0.2) is 0 Å². The van der Waals surface area contributed by atoms with Crippen LogP contribution in [0, 0.1) is 0 Å². The van der Waals surface area contributed by atoms with Gasteiger partial charge in [0.25, 0.3) is 5.91 Å². The van der Waals surface area contributed by atoms with Gasteiger partial charge in [-0.1, -0.05) is 0 Å². The molecule has 1 N–H and O–H groups in total. The van der Waals surface area contributed by atoms with Gasteiger partial charge in [-0.15, -0.1) is 0 Å². The van der Waals surface area contributed by atoms with Crippen molar-refractivity contribution in [2.24, 2.45) is 4.99 Å². The molecule has 1 saturated heterocycles. The number of aliphatic imine (C=N–C) groups is 1. The van der Waals surface area contributed by atoms with E-state index in [1.807, 2.05) is 27.7 Å². The summed E-state index contributed by atoms with van der Waals surface area (Å²) >= 11 is 0. The molecule has 1 aliphatic rings. The van der Waals surface area contributed by atoms with Gasteiger partial charge in [0, 0.05) is 54.0 Å². The number of carbonyl (C=O) groups is 1. The molecule has 26 heavy (non-hydrogen) atoms. The van der Waals surface area contributed by atoms with Crippen molar-refractivity contribution < 1.29 is 13.4 Å². The van der Waals surface area contributed by atoms with Gasteiger partial charge in [-0.05, 0) is 39.8 Å². The maximum atomic E-state index is 12.3. The first kappa shape index (κ1) is 20.5. The van der Waals surface area contributed by atoms with E-state index in [1.165, 1.54) is 6.26 Å². The molecule has 2 rings (SSSR count). The van der Waals surface area contributed by atoms with Crippen LogP contribution in [0.25, 0.3) is 0 Å². The topological polar surface area (TPSA) is 78.2 Å². The molecule has 0 radical (unpaired) electrons. The van der Waals surface area contributed by atoms with Crippen molar-refractivity contribution in [2.45, 2.75) is 32.4 Å². The molecule has 1 atom stereocenters. The molecular formula is C18H30N4O3S. The Labute approximate surface area is 158 Å². The SMILES string of the molecule is CCNC(=NCCS(=O)C(C)(C)C)N1CCN(C(=O)c2ccco2)CC1. The van der Waals surface area contributed by atoms with Crippen molar-refractivity contribution in [3.8, 4) is 0 Å². The maximum Gasteiger partial charge on any atom is 0.289 e. The van der Waals surface area contributed by atoms with Gasteiger partial charge in [-0.3, -0.25) is 14.0 Å². The highest BCUT2D eigenvalue weighted by Crippen LogP contribution is 2.12. The summed E-state index contributed by atoms with van der Waals surface area (Å²) in [7, 11) is -0.908. The number of nitrogens with zero attached hydrogens (tertiary/aromatic N) is 3. The van der Waals surface area contributed by atoms with Crippen LogP contribution in [-0.2, 0) is 10.8 Å². The van der Waals surface area contributed by atoms with Gasteiger partial charge in [-0.2, -0.15) is 0 Å². The number of hydrogen-bond donors (Lipinski definition) is 1. The van der Waals surface area contributed by atoms with E-state index >= 15 is 0 Å². The van der Waals surface area contributed by atoms with E-state index in [1.54, 1.807) is 17.0 Å². The van der Waals surface area contributed by atoms with Gasteiger partial charge in [0.15, 0.2) is 11.7 Å². The predicted octanol–water partition coefficient (Wildman–Crippen LogP) is 1.55. The molecule has 8 heteroatoms. The third-order valence-electron chi connectivity index (χ3n) is 4.15. The van der Waals surface area contributed by atoms with Crippen LogP contribution in [0.4, 0.5) is 0 Å². The van der Waals surface area contributed by atoms with Crippen molar-refractivity contribution in [3.63, 3.8) is 0 Å². The van der Waals surface area contributed by atoms with Crippen LogP contribution < -0.4 is 5.32 Å². The molecule has 1 unspecified atom stereocenters. The molecule has 1 fully saturated rings. The average molecular weight is 383 g/mol. The summed E-state index contributed by atoms with van der Waals surface area (Å²) in [5.41, 5.74) is 0. The largest absolute Gasteiger partial charge is 0.459 e. The van der Waals surface area contributed by atoms with E-state index in [0.29, 0.717) is 44.2 Å². The number of hydrogen-bond acceptors (Lipinski definition) is 4. The zero-order valence-corrected chi connectivity index (χ0v) is 17.0. The standard InChI is InChI=1S/C18H30N4O3S/c1-5-19-17(20-8-14-26(24)18(2,3)4)22-11-9-21(10-12-22)16(23)15-7-6-13-25-15/h6-7,13H,5,8-12,14H2,1-4H3,(H,19,20). The molecule has 2 heterocycles. The first-order valence-electron chi connectivity index (χ1n) is 9.07. The zero-order chi connectivity index (χ0) is 19.2. The van der Waals surface area contributed by atoms with Gasteiger partial charge in [0.1, 0.15) is 0 Å². The lowest BCUT2D eigenvalue weighted by molar-refractivity contribution is 0.0657. The van der Waals surface area contributed by atoms with Crippen LogP contribution in [0.15, 0.2) is 27.8 Å². The Bertz CT molecular complexity index is 629. The summed E-state index contributed by atoms with van der Waals surface area (Å²) in [6.45, 7) is 11.9. The molecule has 0 aliphatic carbocycles. The Morgan fingerprint density at radius 3 is 2.46 bits per heavy atom. The van der Waals surface area contributed by atoms with Crippen molar-refractivity contribution >= 4 is 22.7 Å². The van der Waals surface area contributed by atoms with Crippen molar-refractivity contribution in [1.82, 2.24) is 15.1 Å². The minimum absolute atomic E-state index is 0.0721. The quantitative estimate of drug-likeness (QED) is 0.617. The summed E-state index contributed by atoms with van der Waals surface area (Å²) in [5.74, 6) is 1.68. The van der Waals surface area contributed by atoms with Crippen LogP contribution in [0.2, 0.25) is 0 Å². The monoisotopic (exact) mass is 382 g/mol. The second-order valence-electron chi connectivity index (χ2n) is 7.15. The second kappa shape index (κ2) is 9.21. The summed E-state index contributed by atoms with van der Waals surface area (Å²) < 4.78 is 17.1. The summed E-state index contributed by atoms with van der Waals surface area (Å²) in [5, 5.41) is 3.29. The van der Waals surface area contributed by atoms with E-state index in [4.69, 9.17) is 4.42 Å². The molecule has 0 bridgehead atoms. The van der Waals surface area contributed by atoms with E-state index in [-0.39, 0.29) is 10.7 Å². The Morgan fingerprint density at radius 2 is 1.92 bits per heavy atom. The fourth-order valence-electron chi connectivity index (χ4n) is 2.64. The predicted molar refractivity (Wildman–Crippen MR) is 105 cm³/mol. The Hall–Kier alpha value is -1.83. The normalized spacial score (nSPS) is 17.3. The first-order chi connectivity index (χ1) is 12.3. The van der Waals surface area contributed by atoms with Crippen LogP contribution in [0.5, 0.6) is 0 Å². The van der Waals surface area contributed by atoms with E-state index in [0.717, 1.165) is 12.5 Å². The van der Waals surface area contributed by atoms with Crippen LogP contribution in [0.1, 0.15) is 38.2 Å². The highest BCUT2D eigenvalue weighted by atomic mass is 32.2. The molecule has 1 aromatic rings. The summed E-state index contributed by atoms with van der Waals surface area (Å²) in [6, 6.07) is 3.41. The Morgan fingerprint density at radius 1 is 1.27 bits per heavy atom. The number of furan rings is 1. The molecule has 7 nitrogen and oxygen atoms in total. The molecule has 0 spiro atoms. The summed E-state index contributed by atoms with van der Waals surface area (Å²) in [6.07, 6.45) is 1.51. The Kier molecular flexibility index (Phi) is 7.25. The summed E-state index contributed by atoms with van der Waals surface area (Å²) in [4.78, 5) is 20.9.